The smallest absolute Gasteiger partial charge is 0.243 e. The van der Waals surface area contributed by atoms with Crippen molar-refractivity contribution >= 4 is 0 Å². The Balaban J connectivity index is 0.00000112. The van der Waals surface area contributed by atoms with Crippen LogP contribution in [0.4, 0.5) is 0 Å². The molecule has 2 N–H and O–H groups in total. The van der Waals surface area contributed by atoms with E-state index in [9.17, 15) is 0 Å². The number of hydrogen-bond donors (Lipinski definition) is 0. The van der Waals surface area contributed by atoms with Gasteiger partial charge in [0.1, 0.15) is 37.9 Å². The highest BCUT2D eigenvalue weighted by atomic mass is 16.0. The molecule has 0 spiro atoms. The molecule has 2 rings (SSSR count). The second-order valence-electron chi connectivity index (χ2n) is 3.63. The third kappa shape index (κ3) is 3.48. The van der Waals surface area contributed by atoms with Crippen LogP contribution in [0.3, 0.4) is 0 Å². The predicted molar refractivity (Wildman–Crippen MR) is 55.1 cm³/mol. The van der Waals surface area contributed by atoms with Gasteiger partial charge in [-0.25, -0.2) is 18.3 Å². The van der Waals surface area contributed by atoms with Crippen molar-refractivity contribution in [1.29, 1.82) is 0 Å². The normalized spacial score (nSPS) is 9.38. The number of nitrogens with zero attached hydrogens (tertiary/aromatic N) is 4. The molecule has 0 bridgehead atoms. The van der Waals surface area contributed by atoms with Gasteiger partial charge in [0.15, 0.2) is 0 Å². The van der Waals surface area contributed by atoms with Gasteiger partial charge in [-0.1, -0.05) is 0 Å². The summed E-state index contributed by atoms with van der Waals surface area (Å²) in [6, 6.07) is 0. The van der Waals surface area contributed by atoms with Gasteiger partial charge in [-0.2, -0.15) is 0 Å². The lowest BCUT2D eigenvalue weighted by Gasteiger charge is -1.92. The standard InChI is InChI=1S/C10H16N4.2H2O/c1-11-3-5-13(9-11)7-8-14-6-4-12(2)10-14;;/h3-6,9-10H,7-8H2,1-2H3;2*1H2/q+2;;/p-2. The summed E-state index contributed by atoms with van der Waals surface area (Å²) < 4.78 is 8.46. The van der Waals surface area contributed by atoms with Gasteiger partial charge in [0, 0.05) is 0 Å². The van der Waals surface area contributed by atoms with E-state index < -0.39 is 0 Å². The molecule has 0 saturated carbocycles. The van der Waals surface area contributed by atoms with Crippen LogP contribution in [0, 0.1) is 0 Å². The average Bonchev–Trinajstić information content (AvgIpc) is 2.72. The summed E-state index contributed by atoms with van der Waals surface area (Å²) in [5, 5.41) is 0. The minimum atomic E-state index is 0. The fourth-order valence-electron chi connectivity index (χ4n) is 1.50. The molecule has 0 aliphatic carbocycles. The second-order valence-corrected chi connectivity index (χ2v) is 3.63. The van der Waals surface area contributed by atoms with Gasteiger partial charge in [0.05, 0.1) is 14.1 Å². The number of hydrogen-bond acceptors (Lipinski definition) is 2. The molecule has 2 aromatic rings. The molecular formula is C10H18N4O2. The van der Waals surface area contributed by atoms with Crippen LogP contribution in [-0.2, 0) is 27.2 Å². The Morgan fingerprint density at radius 3 is 1.44 bits per heavy atom. The van der Waals surface area contributed by atoms with E-state index in [1.807, 2.05) is 14.1 Å². The highest BCUT2D eigenvalue weighted by Crippen LogP contribution is 1.89. The van der Waals surface area contributed by atoms with E-state index in [4.69, 9.17) is 0 Å². The molecule has 0 saturated heterocycles. The van der Waals surface area contributed by atoms with Crippen molar-refractivity contribution in [2.24, 2.45) is 14.1 Å². The Morgan fingerprint density at radius 2 is 1.19 bits per heavy atom. The number of aryl methyl sites for hydroxylation is 4. The monoisotopic (exact) mass is 226 g/mol. The van der Waals surface area contributed by atoms with E-state index in [1.165, 1.54) is 0 Å². The molecule has 0 aliphatic rings. The Labute approximate surface area is 94.6 Å². The largest absolute Gasteiger partial charge is 0.870 e. The highest BCUT2D eigenvalue weighted by Gasteiger charge is 2.03. The highest BCUT2D eigenvalue weighted by molar-refractivity contribution is 4.69. The summed E-state index contributed by atoms with van der Waals surface area (Å²) in [6.45, 7) is 2.02. The van der Waals surface area contributed by atoms with Gasteiger partial charge in [-0.3, -0.25) is 0 Å². The third-order valence-electron chi connectivity index (χ3n) is 2.26. The molecule has 0 fully saturated rings. The van der Waals surface area contributed by atoms with E-state index in [1.54, 1.807) is 0 Å². The summed E-state index contributed by atoms with van der Waals surface area (Å²) in [6.07, 6.45) is 12.4. The first kappa shape index (κ1) is 14.3. The van der Waals surface area contributed by atoms with E-state index in [2.05, 4.69) is 55.7 Å². The summed E-state index contributed by atoms with van der Waals surface area (Å²) >= 11 is 0. The van der Waals surface area contributed by atoms with Gasteiger partial charge in [0.2, 0.25) is 12.7 Å². The zero-order valence-corrected chi connectivity index (χ0v) is 9.56. The molecular weight excluding hydrogens is 208 g/mol. The molecule has 90 valence electrons. The first-order valence-electron chi connectivity index (χ1n) is 4.76. The number of rotatable bonds is 3. The van der Waals surface area contributed by atoms with Crippen molar-refractivity contribution in [3.8, 4) is 0 Å². The Hall–Kier alpha value is -1.66. The molecule has 6 heteroatoms. The molecule has 0 aliphatic heterocycles. The van der Waals surface area contributed by atoms with Gasteiger partial charge < -0.3 is 11.0 Å². The lowest BCUT2D eigenvalue weighted by atomic mass is 10.6. The fourth-order valence-corrected chi connectivity index (χ4v) is 1.50. The lowest BCUT2D eigenvalue weighted by molar-refractivity contribution is -0.671. The summed E-state index contributed by atoms with van der Waals surface area (Å²) in [5.41, 5.74) is 0. The van der Waals surface area contributed by atoms with Crippen molar-refractivity contribution in [1.82, 2.24) is 9.13 Å². The van der Waals surface area contributed by atoms with E-state index >= 15 is 0 Å². The van der Waals surface area contributed by atoms with Gasteiger partial charge in [-0.05, 0) is 0 Å². The van der Waals surface area contributed by atoms with Crippen LogP contribution in [0.1, 0.15) is 0 Å². The zero-order valence-electron chi connectivity index (χ0n) is 9.56. The van der Waals surface area contributed by atoms with E-state index in [0.717, 1.165) is 13.1 Å². The lowest BCUT2D eigenvalue weighted by Crippen LogP contribution is -2.24. The Morgan fingerprint density at radius 1 is 0.812 bits per heavy atom. The average molecular weight is 226 g/mol. The first-order chi connectivity index (χ1) is 6.74. The fraction of sp³-hybridized carbons (Fsp3) is 0.400. The Bertz CT molecular complexity index is 382. The van der Waals surface area contributed by atoms with E-state index in [0.29, 0.717) is 0 Å². The predicted octanol–water partition coefficient (Wildman–Crippen LogP) is -0.715. The topological polar surface area (TPSA) is 77.6 Å². The number of aromatic nitrogens is 4. The Kier molecular flexibility index (Phi) is 5.41. The molecule has 0 radical (unpaired) electrons. The number of imidazole rings is 2. The van der Waals surface area contributed by atoms with Crippen LogP contribution in [0.5, 0.6) is 0 Å². The molecule has 2 heterocycles. The summed E-state index contributed by atoms with van der Waals surface area (Å²) in [4.78, 5) is 0. The van der Waals surface area contributed by atoms with Crippen LogP contribution in [0.15, 0.2) is 37.4 Å². The minimum absolute atomic E-state index is 0. The van der Waals surface area contributed by atoms with Crippen LogP contribution < -0.4 is 9.13 Å². The van der Waals surface area contributed by atoms with Crippen molar-refractivity contribution in [2.75, 3.05) is 0 Å². The second kappa shape index (κ2) is 6.04. The van der Waals surface area contributed by atoms with E-state index in [-0.39, 0.29) is 11.0 Å². The van der Waals surface area contributed by atoms with Gasteiger partial charge >= 0.3 is 0 Å². The molecule has 6 nitrogen and oxygen atoms in total. The molecule has 0 amide bonds. The molecule has 0 aromatic carbocycles. The van der Waals surface area contributed by atoms with Crippen molar-refractivity contribution in [2.45, 2.75) is 13.1 Å². The quantitative estimate of drug-likeness (QED) is 0.648. The van der Waals surface area contributed by atoms with Crippen LogP contribution >= 0.6 is 0 Å². The molecule has 16 heavy (non-hydrogen) atoms. The van der Waals surface area contributed by atoms with Crippen LogP contribution in [0.25, 0.3) is 0 Å². The summed E-state index contributed by atoms with van der Waals surface area (Å²) in [5.74, 6) is 0. The first-order valence-corrected chi connectivity index (χ1v) is 4.76. The maximum atomic E-state index is 2.18. The maximum Gasteiger partial charge on any atom is 0.243 e. The van der Waals surface area contributed by atoms with Gasteiger partial charge in [-0.15, -0.1) is 0 Å². The van der Waals surface area contributed by atoms with Crippen molar-refractivity contribution in [3.05, 3.63) is 37.4 Å². The molecule has 2 aromatic heterocycles. The summed E-state index contributed by atoms with van der Waals surface area (Å²) in [7, 11) is 4.07. The molecule has 0 atom stereocenters. The van der Waals surface area contributed by atoms with Crippen molar-refractivity contribution in [3.63, 3.8) is 0 Å². The van der Waals surface area contributed by atoms with Crippen LogP contribution in [0.2, 0.25) is 0 Å². The maximum absolute atomic E-state index is 2.18. The molecule has 0 unspecified atom stereocenters. The van der Waals surface area contributed by atoms with Crippen LogP contribution in [-0.4, -0.2) is 20.1 Å². The SMILES string of the molecule is C[n+]1ccn(CCn2cc[n+](C)c2)c1.[OH-].[OH-]. The van der Waals surface area contributed by atoms with Gasteiger partial charge in [0.25, 0.3) is 0 Å². The zero-order chi connectivity index (χ0) is 9.97. The minimum Gasteiger partial charge on any atom is -0.870 e. The third-order valence-corrected chi connectivity index (χ3v) is 2.26. The van der Waals surface area contributed by atoms with Crippen molar-refractivity contribution < 1.29 is 20.1 Å².